The van der Waals surface area contributed by atoms with E-state index in [-0.39, 0.29) is 11.8 Å². The Balaban J connectivity index is 1.33. The van der Waals surface area contributed by atoms with Crippen LogP contribution in [-0.2, 0) is 5.75 Å². The van der Waals surface area contributed by atoms with Gasteiger partial charge in [0.2, 0.25) is 0 Å². The summed E-state index contributed by atoms with van der Waals surface area (Å²) in [6, 6.07) is 31.5. The second-order valence-corrected chi connectivity index (χ2v) is 9.46. The molecule has 0 bridgehead atoms. The molecule has 0 atom stereocenters. The maximum atomic E-state index is 12.6. The van der Waals surface area contributed by atoms with E-state index in [9.17, 15) is 9.59 Å². The summed E-state index contributed by atoms with van der Waals surface area (Å²) in [7, 11) is 0. The van der Waals surface area contributed by atoms with Gasteiger partial charge in [0.1, 0.15) is 0 Å². The molecule has 4 rings (SSSR count). The lowest BCUT2D eigenvalue weighted by Gasteiger charge is -2.08. The Kier molecular flexibility index (Phi) is 8.55. The normalized spacial score (nSPS) is 11.1. The Hall–Kier alpha value is -3.87. The molecule has 4 aromatic rings. The highest BCUT2D eigenvalue weighted by atomic mass is 35.5. The number of nitrogens with one attached hydrogen (secondary N) is 2. The molecule has 0 unspecified atom stereocenters. The van der Waals surface area contributed by atoms with E-state index in [1.54, 1.807) is 43.0 Å². The molecular weight excluding hydrogens is 490 g/mol. The Morgan fingerprint density at radius 1 is 0.778 bits per heavy atom. The number of hydrazone groups is 1. The van der Waals surface area contributed by atoms with Crippen LogP contribution in [0, 0.1) is 0 Å². The number of hydrogen-bond acceptors (Lipinski definition) is 4. The van der Waals surface area contributed by atoms with Crippen LogP contribution in [0.5, 0.6) is 0 Å². The molecule has 0 saturated carbocycles. The van der Waals surface area contributed by atoms with Crippen molar-refractivity contribution in [2.75, 3.05) is 5.32 Å². The topological polar surface area (TPSA) is 70.6 Å². The van der Waals surface area contributed by atoms with Crippen LogP contribution in [0.2, 0.25) is 5.02 Å². The molecule has 7 heteroatoms. The highest BCUT2D eigenvalue weighted by molar-refractivity contribution is 7.98. The number of carbonyl (C=O) groups is 2. The van der Waals surface area contributed by atoms with Crippen molar-refractivity contribution in [2.45, 2.75) is 17.6 Å². The fraction of sp³-hybridized carbons (Fsp3) is 0.0690. The number of halogens is 1. The van der Waals surface area contributed by atoms with Gasteiger partial charge < -0.3 is 5.32 Å². The van der Waals surface area contributed by atoms with Crippen molar-refractivity contribution >= 4 is 46.6 Å². The van der Waals surface area contributed by atoms with Crippen LogP contribution in [-0.4, -0.2) is 17.5 Å². The van der Waals surface area contributed by atoms with Crippen molar-refractivity contribution < 1.29 is 9.59 Å². The SMILES string of the molecule is C/C(=N/NC(=O)c1ccc(CSc2ccc(Cl)cc2)cc1)c1cccc(NC(=O)c2ccccc2)c1. The van der Waals surface area contributed by atoms with E-state index in [4.69, 9.17) is 11.6 Å². The first-order valence-corrected chi connectivity index (χ1v) is 12.6. The summed E-state index contributed by atoms with van der Waals surface area (Å²) in [6.45, 7) is 1.80. The highest BCUT2D eigenvalue weighted by Gasteiger charge is 2.08. The molecule has 0 spiro atoms. The average Bonchev–Trinajstić information content (AvgIpc) is 2.92. The standard InChI is InChI=1S/C29H24ClN3O2S/c1-20(24-8-5-9-26(18-24)31-28(34)22-6-3-2-4-7-22)32-33-29(35)23-12-10-21(11-13-23)19-36-27-16-14-25(30)15-17-27/h2-18H,19H2,1H3,(H,31,34)(H,33,35)/b32-20-. The Labute approximate surface area is 219 Å². The summed E-state index contributed by atoms with van der Waals surface area (Å²) < 4.78 is 0. The van der Waals surface area contributed by atoms with Gasteiger partial charge in [-0.05, 0) is 78.7 Å². The van der Waals surface area contributed by atoms with Crippen molar-refractivity contribution in [1.82, 2.24) is 5.43 Å². The predicted octanol–water partition coefficient (Wildman–Crippen LogP) is 7.04. The molecule has 36 heavy (non-hydrogen) atoms. The van der Waals surface area contributed by atoms with Crippen molar-refractivity contribution in [1.29, 1.82) is 0 Å². The van der Waals surface area contributed by atoms with E-state index in [1.807, 2.05) is 78.9 Å². The van der Waals surface area contributed by atoms with Crippen LogP contribution in [0.3, 0.4) is 0 Å². The lowest BCUT2D eigenvalue weighted by atomic mass is 10.1. The number of hydrogen-bond donors (Lipinski definition) is 2. The molecule has 0 aromatic heterocycles. The summed E-state index contributed by atoms with van der Waals surface area (Å²) in [6.07, 6.45) is 0. The average molecular weight is 514 g/mol. The van der Waals surface area contributed by atoms with Gasteiger partial charge in [0.25, 0.3) is 11.8 Å². The first-order chi connectivity index (χ1) is 17.5. The van der Waals surface area contributed by atoms with Gasteiger partial charge in [-0.25, -0.2) is 5.43 Å². The fourth-order valence-electron chi connectivity index (χ4n) is 3.33. The van der Waals surface area contributed by atoms with E-state index in [0.29, 0.717) is 22.5 Å². The maximum Gasteiger partial charge on any atom is 0.271 e. The number of thioether (sulfide) groups is 1. The molecule has 180 valence electrons. The predicted molar refractivity (Wildman–Crippen MR) is 148 cm³/mol. The third kappa shape index (κ3) is 7.07. The molecule has 0 aliphatic rings. The van der Waals surface area contributed by atoms with Gasteiger partial charge in [-0.1, -0.05) is 54.1 Å². The Bertz CT molecular complexity index is 1370. The van der Waals surface area contributed by atoms with Gasteiger partial charge in [0.05, 0.1) is 5.71 Å². The molecule has 0 aliphatic heterocycles. The zero-order valence-corrected chi connectivity index (χ0v) is 21.1. The van der Waals surface area contributed by atoms with Crippen molar-refractivity contribution in [2.24, 2.45) is 5.10 Å². The minimum absolute atomic E-state index is 0.189. The van der Waals surface area contributed by atoms with Gasteiger partial charge in [0.15, 0.2) is 0 Å². The summed E-state index contributed by atoms with van der Waals surface area (Å²) in [5.74, 6) is 0.309. The highest BCUT2D eigenvalue weighted by Crippen LogP contribution is 2.24. The Morgan fingerprint density at radius 3 is 2.17 bits per heavy atom. The number of anilines is 1. The number of benzene rings is 4. The van der Waals surface area contributed by atoms with Crippen molar-refractivity contribution in [3.8, 4) is 0 Å². The molecule has 0 fully saturated rings. The molecular formula is C29H24ClN3O2S. The van der Waals surface area contributed by atoms with Gasteiger partial charge in [-0.15, -0.1) is 11.8 Å². The van der Waals surface area contributed by atoms with E-state index < -0.39 is 0 Å². The smallest absolute Gasteiger partial charge is 0.271 e. The molecule has 0 heterocycles. The number of rotatable bonds is 8. The van der Waals surface area contributed by atoms with Gasteiger partial charge in [-0.2, -0.15) is 5.10 Å². The largest absolute Gasteiger partial charge is 0.322 e. The summed E-state index contributed by atoms with van der Waals surface area (Å²) in [5.41, 5.74) is 6.88. The minimum atomic E-state index is -0.292. The zero-order chi connectivity index (χ0) is 25.3. The van der Waals surface area contributed by atoms with Gasteiger partial charge in [0, 0.05) is 32.5 Å². The summed E-state index contributed by atoms with van der Waals surface area (Å²) in [4.78, 5) is 26.1. The van der Waals surface area contributed by atoms with Crippen LogP contribution in [0.1, 0.15) is 38.8 Å². The third-order valence-corrected chi connectivity index (χ3v) is 6.67. The van der Waals surface area contributed by atoms with Crippen LogP contribution >= 0.6 is 23.4 Å². The first kappa shape index (κ1) is 25.2. The monoisotopic (exact) mass is 513 g/mol. The molecule has 4 aromatic carbocycles. The molecule has 5 nitrogen and oxygen atoms in total. The number of carbonyl (C=O) groups excluding carboxylic acids is 2. The lowest BCUT2D eigenvalue weighted by molar-refractivity contribution is 0.0954. The maximum absolute atomic E-state index is 12.6. The second kappa shape index (κ2) is 12.2. The summed E-state index contributed by atoms with van der Waals surface area (Å²) >= 11 is 7.63. The third-order valence-electron chi connectivity index (χ3n) is 5.33. The molecule has 0 aliphatic carbocycles. The van der Waals surface area contributed by atoms with E-state index in [1.165, 1.54) is 0 Å². The quantitative estimate of drug-likeness (QED) is 0.151. The Morgan fingerprint density at radius 2 is 1.44 bits per heavy atom. The molecule has 2 amide bonds. The van der Waals surface area contributed by atoms with Crippen LogP contribution in [0.25, 0.3) is 0 Å². The molecule has 0 saturated heterocycles. The number of nitrogens with zero attached hydrogens (tertiary/aromatic N) is 1. The molecule has 2 N–H and O–H groups in total. The first-order valence-electron chi connectivity index (χ1n) is 11.3. The van der Waals surface area contributed by atoms with Crippen LogP contribution < -0.4 is 10.7 Å². The van der Waals surface area contributed by atoms with Crippen LogP contribution in [0.15, 0.2) is 113 Å². The van der Waals surface area contributed by atoms with Gasteiger partial charge >= 0.3 is 0 Å². The second-order valence-electron chi connectivity index (χ2n) is 7.98. The van der Waals surface area contributed by atoms with E-state index in [2.05, 4.69) is 15.8 Å². The van der Waals surface area contributed by atoms with E-state index >= 15 is 0 Å². The minimum Gasteiger partial charge on any atom is -0.322 e. The fourth-order valence-corrected chi connectivity index (χ4v) is 4.31. The van der Waals surface area contributed by atoms with Gasteiger partial charge in [-0.3, -0.25) is 9.59 Å². The van der Waals surface area contributed by atoms with E-state index in [0.717, 1.165) is 26.8 Å². The molecule has 0 radical (unpaired) electrons. The van der Waals surface area contributed by atoms with Crippen LogP contribution in [0.4, 0.5) is 5.69 Å². The zero-order valence-electron chi connectivity index (χ0n) is 19.6. The number of amides is 2. The van der Waals surface area contributed by atoms with Crippen molar-refractivity contribution in [3.63, 3.8) is 0 Å². The summed E-state index contributed by atoms with van der Waals surface area (Å²) in [5, 5.41) is 7.85. The van der Waals surface area contributed by atoms with Crippen molar-refractivity contribution in [3.05, 3.63) is 130 Å². The lowest BCUT2D eigenvalue weighted by Crippen LogP contribution is -2.19.